The predicted octanol–water partition coefficient (Wildman–Crippen LogP) is 5.48. The highest BCUT2D eigenvalue weighted by atomic mass is 16.7. The molecule has 0 aromatic carbocycles. The Balaban J connectivity index is 2.06. The second-order valence-electron chi connectivity index (χ2n) is 7.93. The van der Waals surface area contributed by atoms with Gasteiger partial charge in [0.05, 0.1) is 13.2 Å². The molecule has 1 aliphatic carbocycles. The van der Waals surface area contributed by atoms with E-state index in [-0.39, 0.29) is 18.1 Å². The van der Waals surface area contributed by atoms with E-state index in [1.807, 2.05) is 13.8 Å². The van der Waals surface area contributed by atoms with Crippen LogP contribution in [0.2, 0.25) is 0 Å². The molecule has 1 saturated carbocycles. The lowest BCUT2D eigenvalue weighted by Gasteiger charge is -2.27. The molecule has 0 radical (unpaired) electrons. The molecule has 0 saturated heterocycles. The summed E-state index contributed by atoms with van der Waals surface area (Å²) < 4.78 is 20.8. The normalized spacial score (nSPS) is 20.1. The zero-order valence-electron chi connectivity index (χ0n) is 16.8. The summed E-state index contributed by atoms with van der Waals surface area (Å²) in [6.07, 6.45) is 5.49. The lowest BCUT2D eigenvalue weighted by Crippen LogP contribution is -2.30. The summed E-state index contributed by atoms with van der Waals surface area (Å²) in [7, 11) is 0. The minimum atomic E-state index is -0.611. The van der Waals surface area contributed by atoms with Gasteiger partial charge in [-0.2, -0.15) is 0 Å². The smallest absolute Gasteiger partial charge is 0.434 e. The average molecular weight is 373 g/mol. The van der Waals surface area contributed by atoms with Crippen LogP contribution < -0.4 is 0 Å². The number of unbranched alkanes of at least 4 members (excludes halogenated alkanes) is 2. The van der Waals surface area contributed by atoms with Crippen molar-refractivity contribution in [1.82, 2.24) is 0 Å². The first-order chi connectivity index (χ1) is 12.4. The molecule has 26 heavy (non-hydrogen) atoms. The van der Waals surface area contributed by atoms with Crippen LogP contribution in [0, 0.1) is 11.8 Å². The third-order valence-electron chi connectivity index (χ3n) is 4.33. The summed E-state index contributed by atoms with van der Waals surface area (Å²) in [5, 5.41) is 0. The maximum absolute atomic E-state index is 11.7. The fourth-order valence-electron chi connectivity index (χ4n) is 2.83. The fourth-order valence-corrected chi connectivity index (χ4v) is 2.83. The molecule has 0 unspecified atom stereocenters. The standard InChI is InChI=1S/C20H36O6/c1-15(2)8-6-5-7-13-23-19(21)25-17-9-11-18(12-10-17)26-20(22)24-14-16(3)4/h15-18H,5-14H2,1-4H3. The van der Waals surface area contributed by atoms with Crippen LogP contribution in [0.25, 0.3) is 0 Å². The van der Waals surface area contributed by atoms with Crippen LogP contribution in [0.5, 0.6) is 0 Å². The largest absolute Gasteiger partial charge is 0.508 e. The average Bonchev–Trinajstić information content (AvgIpc) is 2.57. The maximum Gasteiger partial charge on any atom is 0.508 e. The summed E-state index contributed by atoms with van der Waals surface area (Å²) in [6.45, 7) is 9.14. The van der Waals surface area contributed by atoms with Crippen molar-refractivity contribution in [2.75, 3.05) is 13.2 Å². The van der Waals surface area contributed by atoms with E-state index in [0.717, 1.165) is 18.8 Å². The molecule has 6 heteroatoms. The molecular weight excluding hydrogens is 336 g/mol. The Morgan fingerprint density at radius 2 is 1.31 bits per heavy atom. The summed E-state index contributed by atoms with van der Waals surface area (Å²) >= 11 is 0. The highest BCUT2D eigenvalue weighted by molar-refractivity contribution is 5.60. The van der Waals surface area contributed by atoms with E-state index in [9.17, 15) is 9.59 Å². The van der Waals surface area contributed by atoms with Gasteiger partial charge in [-0.25, -0.2) is 9.59 Å². The highest BCUT2D eigenvalue weighted by Gasteiger charge is 2.27. The highest BCUT2D eigenvalue weighted by Crippen LogP contribution is 2.24. The topological polar surface area (TPSA) is 71.1 Å². The van der Waals surface area contributed by atoms with E-state index in [1.165, 1.54) is 12.8 Å². The summed E-state index contributed by atoms with van der Waals surface area (Å²) in [4.78, 5) is 23.3. The Labute approximate surface area is 157 Å². The quantitative estimate of drug-likeness (QED) is 0.374. The van der Waals surface area contributed by atoms with Crippen LogP contribution in [0.1, 0.15) is 79.1 Å². The predicted molar refractivity (Wildman–Crippen MR) is 99.1 cm³/mol. The first kappa shape index (κ1) is 22.6. The van der Waals surface area contributed by atoms with Crippen molar-refractivity contribution in [3.8, 4) is 0 Å². The Morgan fingerprint density at radius 1 is 0.769 bits per heavy atom. The fraction of sp³-hybridized carbons (Fsp3) is 0.900. The molecule has 0 N–H and O–H groups in total. The van der Waals surface area contributed by atoms with Gasteiger partial charge in [-0.3, -0.25) is 0 Å². The van der Waals surface area contributed by atoms with Gasteiger partial charge in [-0.15, -0.1) is 0 Å². The molecule has 6 nitrogen and oxygen atoms in total. The van der Waals surface area contributed by atoms with Crippen LogP contribution in [0.4, 0.5) is 9.59 Å². The van der Waals surface area contributed by atoms with Crippen molar-refractivity contribution in [3.63, 3.8) is 0 Å². The van der Waals surface area contributed by atoms with Crippen LogP contribution in [0.15, 0.2) is 0 Å². The second-order valence-corrected chi connectivity index (χ2v) is 7.93. The van der Waals surface area contributed by atoms with Gasteiger partial charge >= 0.3 is 12.3 Å². The molecule has 0 bridgehead atoms. The van der Waals surface area contributed by atoms with Gasteiger partial charge in [0.1, 0.15) is 12.2 Å². The van der Waals surface area contributed by atoms with Gasteiger partial charge in [0.2, 0.25) is 0 Å². The number of hydrogen-bond acceptors (Lipinski definition) is 6. The number of hydrogen-bond donors (Lipinski definition) is 0. The third-order valence-corrected chi connectivity index (χ3v) is 4.33. The SMILES string of the molecule is CC(C)CCCCCOC(=O)OC1CCC(OC(=O)OCC(C)C)CC1. The van der Waals surface area contributed by atoms with E-state index in [0.29, 0.717) is 38.9 Å². The van der Waals surface area contributed by atoms with Crippen LogP contribution in [-0.2, 0) is 18.9 Å². The van der Waals surface area contributed by atoms with E-state index in [4.69, 9.17) is 18.9 Å². The van der Waals surface area contributed by atoms with Gasteiger partial charge in [0.15, 0.2) is 0 Å². The Kier molecular flexibility index (Phi) is 11.1. The van der Waals surface area contributed by atoms with Gasteiger partial charge < -0.3 is 18.9 Å². The number of carbonyl (C=O) groups is 2. The first-order valence-corrected chi connectivity index (χ1v) is 10.0. The molecule has 0 heterocycles. The molecule has 0 aromatic heterocycles. The lowest BCUT2D eigenvalue weighted by atomic mass is 9.95. The first-order valence-electron chi connectivity index (χ1n) is 10.0. The van der Waals surface area contributed by atoms with Crippen LogP contribution >= 0.6 is 0 Å². The van der Waals surface area contributed by atoms with Gasteiger partial charge in [-0.05, 0) is 43.9 Å². The zero-order valence-corrected chi connectivity index (χ0v) is 16.8. The summed E-state index contributed by atoms with van der Waals surface area (Å²) in [5.41, 5.74) is 0. The lowest BCUT2D eigenvalue weighted by molar-refractivity contribution is -0.0285. The molecule has 0 aromatic rings. The van der Waals surface area contributed by atoms with Crippen molar-refractivity contribution in [3.05, 3.63) is 0 Å². The van der Waals surface area contributed by atoms with Gasteiger partial charge in [-0.1, -0.05) is 47.0 Å². The molecule has 0 atom stereocenters. The van der Waals surface area contributed by atoms with Crippen molar-refractivity contribution in [2.45, 2.75) is 91.3 Å². The molecule has 0 aliphatic heterocycles. The van der Waals surface area contributed by atoms with Crippen molar-refractivity contribution < 1.29 is 28.5 Å². The Hall–Kier alpha value is -1.46. The molecule has 0 spiro atoms. The van der Waals surface area contributed by atoms with Crippen LogP contribution in [0.3, 0.4) is 0 Å². The second kappa shape index (κ2) is 12.8. The van der Waals surface area contributed by atoms with E-state index in [2.05, 4.69) is 13.8 Å². The molecular formula is C20H36O6. The van der Waals surface area contributed by atoms with Crippen molar-refractivity contribution in [1.29, 1.82) is 0 Å². The number of carbonyl (C=O) groups excluding carboxylic acids is 2. The molecule has 0 amide bonds. The van der Waals surface area contributed by atoms with E-state index in [1.54, 1.807) is 0 Å². The molecule has 1 fully saturated rings. The number of rotatable bonds is 10. The summed E-state index contributed by atoms with van der Waals surface area (Å²) in [5.74, 6) is 1.00. The Bertz CT molecular complexity index is 399. The molecule has 1 aliphatic rings. The minimum absolute atomic E-state index is 0.157. The maximum atomic E-state index is 11.7. The van der Waals surface area contributed by atoms with Crippen LogP contribution in [-0.4, -0.2) is 37.7 Å². The van der Waals surface area contributed by atoms with Gasteiger partial charge in [0.25, 0.3) is 0 Å². The zero-order chi connectivity index (χ0) is 19.4. The molecule has 1 rings (SSSR count). The van der Waals surface area contributed by atoms with E-state index >= 15 is 0 Å². The monoisotopic (exact) mass is 372 g/mol. The van der Waals surface area contributed by atoms with Crippen molar-refractivity contribution in [2.24, 2.45) is 11.8 Å². The summed E-state index contributed by atoms with van der Waals surface area (Å²) in [6, 6.07) is 0. The number of ether oxygens (including phenoxy) is 4. The van der Waals surface area contributed by atoms with Gasteiger partial charge in [0, 0.05) is 0 Å². The third kappa shape index (κ3) is 11.2. The van der Waals surface area contributed by atoms with Crippen molar-refractivity contribution >= 4 is 12.3 Å². The Morgan fingerprint density at radius 3 is 1.81 bits per heavy atom. The van der Waals surface area contributed by atoms with E-state index < -0.39 is 12.3 Å². The minimum Gasteiger partial charge on any atom is -0.434 e. The molecule has 152 valence electrons.